The quantitative estimate of drug-likeness (QED) is 0.630. The normalized spacial score (nSPS) is 12.2. The molecule has 0 fully saturated rings. The first-order chi connectivity index (χ1) is 7.54. The maximum absolute atomic E-state index is 10.7. The zero-order chi connectivity index (χ0) is 12.1. The minimum atomic E-state index is -0.474. The van der Waals surface area contributed by atoms with E-state index in [4.69, 9.17) is 11.6 Å². The first-order valence-corrected chi connectivity index (χ1v) is 5.63. The number of halogens is 1. The number of benzene rings is 1. The molecule has 0 bridgehead atoms. The standard InChI is InChI=1S/C11H15ClN2O2/c1-3-4-8(2)13-9-5-6-10(12)11(7-9)14(15)16/h5-8,13H,3-4H2,1-2H3. The lowest BCUT2D eigenvalue weighted by molar-refractivity contribution is -0.384. The van der Waals surface area contributed by atoms with Crippen LogP contribution in [-0.2, 0) is 0 Å². The average Bonchev–Trinajstić information content (AvgIpc) is 2.21. The lowest BCUT2D eigenvalue weighted by Crippen LogP contribution is -2.14. The molecule has 0 aliphatic rings. The molecule has 16 heavy (non-hydrogen) atoms. The minimum Gasteiger partial charge on any atom is -0.382 e. The molecule has 0 aliphatic carbocycles. The summed E-state index contributed by atoms with van der Waals surface area (Å²) in [5.74, 6) is 0. The van der Waals surface area contributed by atoms with Crippen LogP contribution in [0.25, 0.3) is 0 Å². The van der Waals surface area contributed by atoms with Crippen LogP contribution in [0.15, 0.2) is 18.2 Å². The number of hydrogen-bond donors (Lipinski definition) is 1. The molecule has 0 spiro atoms. The summed E-state index contributed by atoms with van der Waals surface area (Å²) in [6.07, 6.45) is 2.10. The third-order valence-corrected chi connectivity index (χ3v) is 2.60. The average molecular weight is 243 g/mol. The molecule has 0 saturated heterocycles. The highest BCUT2D eigenvalue weighted by Gasteiger charge is 2.13. The van der Waals surface area contributed by atoms with Gasteiger partial charge in [0.15, 0.2) is 0 Å². The Morgan fingerprint density at radius 1 is 1.56 bits per heavy atom. The van der Waals surface area contributed by atoms with Gasteiger partial charge in [-0.3, -0.25) is 10.1 Å². The number of nitrogens with zero attached hydrogens (tertiary/aromatic N) is 1. The van der Waals surface area contributed by atoms with E-state index in [-0.39, 0.29) is 10.7 Å². The maximum atomic E-state index is 10.7. The van der Waals surface area contributed by atoms with Gasteiger partial charge < -0.3 is 5.32 Å². The molecular formula is C11H15ClN2O2. The van der Waals surface area contributed by atoms with Gasteiger partial charge >= 0.3 is 0 Å². The van der Waals surface area contributed by atoms with E-state index in [0.717, 1.165) is 18.5 Å². The molecular weight excluding hydrogens is 228 g/mol. The van der Waals surface area contributed by atoms with Gasteiger partial charge in [-0.25, -0.2) is 0 Å². The van der Waals surface area contributed by atoms with Crippen LogP contribution in [0.1, 0.15) is 26.7 Å². The molecule has 1 N–H and O–H groups in total. The van der Waals surface area contributed by atoms with Crippen LogP contribution in [0, 0.1) is 10.1 Å². The Labute approximate surface area is 99.8 Å². The third-order valence-electron chi connectivity index (χ3n) is 2.28. The SMILES string of the molecule is CCCC(C)Nc1ccc(Cl)c([N+](=O)[O-])c1. The summed E-state index contributed by atoms with van der Waals surface area (Å²) in [5, 5.41) is 14.0. The van der Waals surface area contributed by atoms with Gasteiger partial charge in [-0.2, -0.15) is 0 Å². The first-order valence-electron chi connectivity index (χ1n) is 5.25. The van der Waals surface area contributed by atoms with Gasteiger partial charge in [0.1, 0.15) is 5.02 Å². The Kier molecular flexibility index (Phi) is 4.55. The predicted octanol–water partition coefficient (Wildman–Crippen LogP) is 3.85. The van der Waals surface area contributed by atoms with Crippen LogP contribution in [0.4, 0.5) is 11.4 Å². The van der Waals surface area contributed by atoms with Crippen molar-refractivity contribution in [2.75, 3.05) is 5.32 Å². The number of nitrogens with one attached hydrogen (secondary N) is 1. The molecule has 0 radical (unpaired) electrons. The van der Waals surface area contributed by atoms with E-state index in [1.165, 1.54) is 6.07 Å². The van der Waals surface area contributed by atoms with E-state index in [9.17, 15) is 10.1 Å². The number of rotatable bonds is 5. The molecule has 5 heteroatoms. The lowest BCUT2D eigenvalue weighted by atomic mass is 10.2. The van der Waals surface area contributed by atoms with Crippen LogP contribution in [0.3, 0.4) is 0 Å². The second-order valence-corrected chi connectivity index (χ2v) is 4.16. The summed E-state index contributed by atoms with van der Waals surface area (Å²) in [6.45, 7) is 4.15. The molecule has 0 heterocycles. The summed E-state index contributed by atoms with van der Waals surface area (Å²) >= 11 is 5.72. The van der Waals surface area contributed by atoms with Gasteiger partial charge in [0.05, 0.1) is 4.92 Å². The topological polar surface area (TPSA) is 55.2 Å². The van der Waals surface area contributed by atoms with Crippen LogP contribution in [-0.4, -0.2) is 11.0 Å². The van der Waals surface area contributed by atoms with Crippen molar-refractivity contribution in [2.24, 2.45) is 0 Å². The van der Waals surface area contributed by atoms with Gasteiger partial charge in [0.25, 0.3) is 5.69 Å². The second kappa shape index (κ2) is 5.70. The number of nitro benzene ring substituents is 1. The molecule has 0 aliphatic heterocycles. The van der Waals surface area contributed by atoms with Gasteiger partial charge in [0.2, 0.25) is 0 Å². The Morgan fingerprint density at radius 2 is 2.25 bits per heavy atom. The minimum absolute atomic E-state index is 0.0598. The predicted molar refractivity (Wildman–Crippen MR) is 66.1 cm³/mol. The number of hydrogen-bond acceptors (Lipinski definition) is 3. The lowest BCUT2D eigenvalue weighted by Gasteiger charge is -2.14. The van der Waals surface area contributed by atoms with Crippen molar-refractivity contribution < 1.29 is 4.92 Å². The van der Waals surface area contributed by atoms with Crippen LogP contribution >= 0.6 is 11.6 Å². The van der Waals surface area contributed by atoms with Crippen molar-refractivity contribution in [1.29, 1.82) is 0 Å². The Hall–Kier alpha value is -1.29. The molecule has 4 nitrogen and oxygen atoms in total. The smallest absolute Gasteiger partial charge is 0.289 e. The summed E-state index contributed by atoms with van der Waals surface area (Å²) < 4.78 is 0. The van der Waals surface area contributed by atoms with Crippen molar-refractivity contribution >= 4 is 23.0 Å². The maximum Gasteiger partial charge on any atom is 0.289 e. The molecule has 1 aromatic rings. The zero-order valence-corrected chi connectivity index (χ0v) is 10.1. The Bertz CT molecular complexity index is 382. The summed E-state index contributed by atoms with van der Waals surface area (Å²) in [6, 6.07) is 5.06. The van der Waals surface area contributed by atoms with E-state index in [1.807, 2.05) is 6.92 Å². The monoisotopic (exact) mass is 242 g/mol. The molecule has 0 aromatic heterocycles. The Balaban J connectivity index is 2.82. The first kappa shape index (κ1) is 12.8. The molecule has 0 saturated carbocycles. The fourth-order valence-electron chi connectivity index (χ4n) is 1.53. The zero-order valence-electron chi connectivity index (χ0n) is 9.37. The van der Waals surface area contributed by atoms with Crippen molar-refractivity contribution in [1.82, 2.24) is 0 Å². The van der Waals surface area contributed by atoms with E-state index < -0.39 is 4.92 Å². The van der Waals surface area contributed by atoms with E-state index in [2.05, 4.69) is 12.2 Å². The fraction of sp³-hybridized carbons (Fsp3) is 0.455. The highest BCUT2D eigenvalue weighted by molar-refractivity contribution is 6.32. The van der Waals surface area contributed by atoms with Gasteiger partial charge in [-0.15, -0.1) is 0 Å². The van der Waals surface area contributed by atoms with Crippen molar-refractivity contribution in [3.8, 4) is 0 Å². The largest absolute Gasteiger partial charge is 0.382 e. The second-order valence-electron chi connectivity index (χ2n) is 3.76. The molecule has 0 amide bonds. The third kappa shape index (κ3) is 3.38. The fourth-order valence-corrected chi connectivity index (χ4v) is 1.72. The summed E-state index contributed by atoms with van der Waals surface area (Å²) in [7, 11) is 0. The van der Waals surface area contributed by atoms with Crippen molar-refractivity contribution in [3.63, 3.8) is 0 Å². The number of nitro groups is 1. The van der Waals surface area contributed by atoms with E-state index >= 15 is 0 Å². The van der Waals surface area contributed by atoms with E-state index in [0.29, 0.717) is 6.04 Å². The van der Waals surface area contributed by atoms with Gasteiger partial charge in [0, 0.05) is 17.8 Å². The van der Waals surface area contributed by atoms with Crippen LogP contribution in [0.5, 0.6) is 0 Å². The highest BCUT2D eigenvalue weighted by Crippen LogP contribution is 2.27. The summed E-state index contributed by atoms with van der Waals surface area (Å²) in [4.78, 5) is 10.2. The van der Waals surface area contributed by atoms with Crippen molar-refractivity contribution in [3.05, 3.63) is 33.3 Å². The molecule has 88 valence electrons. The highest BCUT2D eigenvalue weighted by atomic mass is 35.5. The van der Waals surface area contributed by atoms with Crippen LogP contribution < -0.4 is 5.32 Å². The van der Waals surface area contributed by atoms with Gasteiger partial charge in [-0.1, -0.05) is 24.9 Å². The Morgan fingerprint density at radius 3 is 2.81 bits per heavy atom. The molecule has 1 unspecified atom stereocenters. The van der Waals surface area contributed by atoms with Crippen LogP contribution in [0.2, 0.25) is 5.02 Å². The molecule has 1 rings (SSSR count). The van der Waals surface area contributed by atoms with E-state index in [1.54, 1.807) is 12.1 Å². The van der Waals surface area contributed by atoms with Gasteiger partial charge in [-0.05, 0) is 25.5 Å². The molecule has 1 aromatic carbocycles. The summed E-state index contributed by atoms with van der Waals surface area (Å²) in [5.41, 5.74) is 0.674. The number of anilines is 1. The van der Waals surface area contributed by atoms with Crippen molar-refractivity contribution in [2.45, 2.75) is 32.7 Å². The molecule has 1 atom stereocenters.